The van der Waals surface area contributed by atoms with Crippen LogP contribution in [-0.2, 0) is 11.8 Å². The molecule has 1 amide bonds. The van der Waals surface area contributed by atoms with Crippen LogP contribution in [0.1, 0.15) is 44.6 Å². The highest BCUT2D eigenvalue weighted by Gasteiger charge is 2.15. The average molecular weight is 426 g/mol. The number of rotatable bonds is 4. The summed E-state index contributed by atoms with van der Waals surface area (Å²) in [7, 11) is 1.94. The maximum absolute atomic E-state index is 11.5. The number of nitrogens with one attached hydrogen (secondary N) is 2. The third-order valence-electron chi connectivity index (χ3n) is 6.06. The third kappa shape index (κ3) is 4.08. The second-order valence-corrected chi connectivity index (χ2v) is 8.59. The van der Waals surface area contributed by atoms with E-state index in [4.69, 9.17) is 0 Å². The van der Waals surface area contributed by atoms with Crippen LogP contribution in [-0.4, -0.2) is 25.9 Å². The Balaban J connectivity index is 1.65. The molecule has 0 bridgehead atoms. The molecular weight excluding hydrogens is 398 g/mol. The summed E-state index contributed by atoms with van der Waals surface area (Å²) in [5, 5.41) is 16.2. The first kappa shape index (κ1) is 20.2. The summed E-state index contributed by atoms with van der Waals surface area (Å²) in [6.07, 6.45) is 12.5. The van der Waals surface area contributed by atoms with Crippen molar-refractivity contribution in [3.05, 3.63) is 59.9 Å². The van der Waals surface area contributed by atoms with E-state index in [1.807, 2.05) is 42.2 Å². The van der Waals surface area contributed by atoms with Crippen LogP contribution in [0.25, 0.3) is 39.4 Å². The number of carbonyl (C=O) groups is 1. The second kappa shape index (κ2) is 8.46. The minimum absolute atomic E-state index is 0.0865. The van der Waals surface area contributed by atoms with Gasteiger partial charge in [-0.25, -0.2) is 0 Å². The normalized spacial score (nSPS) is 14.0. The van der Waals surface area contributed by atoms with Gasteiger partial charge in [0.15, 0.2) is 0 Å². The third-order valence-corrected chi connectivity index (χ3v) is 6.06. The monoisotopic (exact) mass is 425 g/mol. The van der Waals surface area contributed by atoms with Crippen molar-refractivity contribution >= 4 is 28.6 Å². The standard InChI is InChI=1S/C26H27N5O/c1-17(32)28-22-10-6-9-19(12-22)26-24-13-20(11-18-7-4-3-5-8-18)23(14-25(24)29-30-26)21-15-27-31(2)16-21/h6,9-16H,3-5,7-8H2,1-2H3,(H,28,32)(H,29,30). The molecule has 1 aliphatic carbocycles. The molecule has 1 aliphatic rings. The van der Waals surface area contributed by atoms with Crippen LogP contribution in [0.3, 0.4) is 0 Å². The largest absolute Gasteiger partial charge is 0.326 e. The highest BCUT2D eigenvalue weighted by Crippen LogP contribution is 2.36. The van der Waals surface area contributed by atoms with Crippen LogP contribution in [0, 0.1) is 0 Å². The SMILES string of the molecule is CC(=O)Nc1cccc(-c2n[nH]c3cc(-c4cnn(C)c4)c(C=C4CCCCC4)cc23)c1. The first-order chi connectivity index (χ1) is 15.6. The van der Waals surface area contributed by atoms with Crippen LogP contribution < -0.4 is 5.32 Å². The van der Waals surface area contributed by atoms with Crippen molar-refractivity contribution in [2.45, 2.75) is 39.0 Å². The Morgan fingerprint density at radius 1 is 1.12 bits per heavy atom. The fourth-order valence-corrected chi connectivity index (χ4v) is 4.55. The lowest BCUT2D eigenvalue weighted by molar-refractivity contribution is -0.114. The Kier molecular flexibility index (Phi) is 5.35. The van der Waals surface area contributed by atoms with Gasteiger partial charge in [0.2, 0.25) is 5.91 Å². The lowest BCUT2D eigenvalue weighted by Gasteiger charge is -2.15. The van der Waals surface area contributed by atoms with Gasteiger partial charge in [-0.3, -0.25) is 14.6 Å². The van der Waals surface area contributed by atoms with Crippen molar-refractivity contribution in [2.24, 2.45) is 7.05 Å². The summed E-state index contributed by atoms with van der Waals surface area (Å²) in [4.78, 5) is 11.5. The van der Waals surface area contributed by atoms with Crippen molar-refractivity contribution < 1.29 is 4.79 Å². The summed E-state index contributed by atoms with van der Waals surface area (Å²) in [5.41, 5.74) is 8.56. The molecule has 1 saturated carbocycles. The van der Waals surface area contributed by atoms with Crippen molar-refractivity contribution in [1.29, 1.82) is 0 Å². The van der Waals surface area contributed by atoms with Gasteiger partial charge in [-0.1, -0.05) is 30.2 Å². The number of nitrogens with zero attached hydrogens (tertiary/aromatic N) is 3. The Morgan fingerprint density at radius 3 is 2.72 bits per heavy atom. The number of allylic oxidation sites excluding steroid dienone is 1. The van der Waals surface area contributed by atoms with E-state index < -0.39 is 0 Å². The summed E-state index contributed by atoms with van der Waals surface area (Å²) in [5.74, 6) is -0.0865. The molecule has 2 aromatic heterocycles. The van der Waals surface area contributed by atoms with E-state index in [0.717, 1.165) is 39.0 Å². The topological polar surface area (TPSA) is 75.6 Å². The van der Waals surface area contributed by atoms with E-state index in [2.05, 4.69) is 45.0 Å². The van der Waals surface area contributed by atoms with Crippen molar-refractivity contribution in [3.8, 4) is 22.4 Å². The Morgan fingerprint density at radius 2 is 1.97 bits per heavy atom. The van der Waals surface area contributed by atoms with Gasteiger partial charge in [-0.05, 0) is 61.1 Å². The molecular formula is C26H27N5O. The maximum atomic E-state index is 11.5. The fourth-order valence-electron chi connectivity index (χ4n) is 4.55. The van der Waals surface area contributed by atoms with Gasteiger partial charge in [0, 0.05) is 42.4 Å². The Bertz CT molecular complexity index is 1320. The van der Waals surface area contributed by atoms with Gasteiger partial charge in [-0.15, -0.1) is 0 Å². The number of hydrogen-bond acceptors (Lipinski definition) is 3. The van der Waals surface area contributed by atoms with Crippen molar-refractivity contribution in [3.63, 3.8) is 0 Å². The van der Waals surface area contributed by atoms with Gasteiger partial charge in [0.25, 0.3) is 0 Å². The van der Waals surface area contributed by atoms with Gasteiger partial charge in [-0.2, -0.15) is 10.2 Å². The van der Waals surface area contributed by atoms with Gasteiger partial charge in [0.1, 0.15) is 0 Å². The minimum Gasteiger partial charge on any atom is -0.326 e. The van der Waals surface area contributed by atoms with E-state index in [1.165, 1.54) is 50.2 Å². The molecule has 4 aromatic rings. The first-order valence-electron chi connectivity index (χ1n) is 11.2. The van der Waals surface area contributed by atoms with Crippen LogP contribution in [0.5, 0.6) is 0 Å². The Hall–Kier alpha value is -3.67. The van der Waals surface area contributed by atoms with E-state index >= 15 is 0 Å². The molecule has 2 N–H and O–H groups in total. The molecule has 6 nitrogen and oxygen atoms in total. The van der Waals surface area contributed by atoms with Crippen LogP contribution >= 0.6 is 0 Å². The van der Waals surface area contributed by atoms with Crippen molar-refractivity contribution in [2.75, 3.05) is 5.32 Å². The summed E-state index contributed by atoms with van der Waals surface area (Å²) in [6.45, 7) is 1.52. The summed E-state index contributed by atoms with van der Waals surface area (Å²) in [6, 6.07) is 12.2. The van der Waals surface area contributed by atoms with Gasteiger partial charge < -0.3 is 5.32 Å². The number of aromatic amines is 1. The zero-order chi connectivity index (χ0) is 22.1. The minimum atomic E-state index is -0.0865. The molecule has 5 rings (SSSR count). The number of aromatic nitrogens is 4. The van der Waals surface area contributed by atoms with Crippen LogP contribution in [0.4, 0.5) is 5.69 Å². The maximum Gasteiger partial charge on any atom is 0.221 e. The molecule has 0 atom stereocenters. The summed E-state index contributed by atoms with van der Waals surface area (Å²) < 4.78 is 1.84. The van der Waals surface area contributed by atoms with Crippen LogP contribution in [0.2, 0.25) is 0 Å². The van der Waals surface area contributed by atoms with E-state index in [1.54, 1.807) is 0 Å². The smallest absolute Gasteiger partial charge is 0.221 e. The predicted octanol–water partition coefficient (Wildman–Crippen LogP) is 5.94. The van der Waals surface area contributed by atoms with E-state index in [-0.39, 0.29) is 5.91 Å². The molecule has 0 radical (unpaired) electrons. The number of aryl methyl sites for hydroxylation is 1. The van der Waals surface area contributed by atoms with Crippen molar-refractivity contribution in [1.82, 2.24) is 20.0 Å². The van der Waals surface area contributed by atoms with Gasteiger partial charge in [0.05, 0.1) is 17.4 Å². The molecule has 32 heavy (non-hydrogen) atoms. The average Bonchev–Trinajstić information content (AvgIpc) is 3.39. The number of H-pyrrole nitrogens is 1. The molecule has 2 heterocycles. The predicted molar refractivity (Wildman–Crippen MR) is 129 cm³/mol. The lowest BCUT2D eigenvalue weighted by atomic mass is 9.90. The zero-order valence-corrected chi connectivity index (χ0v) is 18.5. The molecule has 0 spiro atoms. The molecule has 0 aliphatic heterocycles. The van der Waals surface area contributed by atoms with Gasteiger partial charge >= 0.3 is 0 Å². The number of carbonyl (C=O) groups excluding carboxylic acids is 1. The molecule has 0 saturated heterocycles. The number of hydrogen-bond donors (Lipinski definition) is 2. The Labute approximate surface area is 187 Å². The molecule has 2 aromatic carbocycles. The van der Waals surface area contributed by atoms with E-state index in [9.17, 15) is 4.79 Å². The number of benzene rings is 2. The molecule has 1 fully saturated rings. The number of amides is 1. The second-order valence-electron chi connectivity index (χ2n) is 8.59. The fraction of sp³-hybridized carbons (Fsp3) is 0.269. The number of fused-ring (bicyclic) bond motifs is 1. The van der Waals surface area contributed by atoms with E-state index in [0.29, 0.717) is 0 Å². The molecule has 162 valence electrons. The highest BCUT2D eigenvalue weighted by atomic mass is 16.1. The molecule has 0 unspecified atom stereocenters. The highest BCUT2D eigenvalue weighted by molar-refractivity contribution is 5.99. The van der Waals surface area contributed by atoms with Crippen LogP contribution in [0.15, 0.2) is 54.4 Å². The first-order valence-corrected chi connectivity index (χ1v) is 11.2. The number of anilines is 1. The summed E-state index contributed by atoms with van der Waals surface area (Å²) >= 11 is 0. The quantitative estimate of drug-likeness (QED) is 0.425. The molecule has 6 heteroatoms. The zero-order valence-electron chi connectivity index (χ0n) is 18.5. The lowest BCUT2D eigenvalue weighted by Crippen LogP contribution is -2.05.